The van der Waals surface area contributed by atoms with Gasteiger partial charge in [0.25, 0.3) is 0 Å². The van der Waals surface area contributed by atoms with Crippen molar-refractivity contribution in [2.75, 3.05) is 0 Å². The van der Waals surface area contributed by atoms with E-state index in [0.717, 1.165) is 0 Å². The molecule has 4 nitrogen and oxygen atoms in total. The van der Waals surface area contributed by atoms with Crippen molar-refractivity contribution in [1.82, 2.24) is 5.32 Å². The van der Waals surface area contributed by atoms with Crippen molar-refractivity contribution in [1.29, 1.82) is 0 Å². The second-order valence-electron chi connectivity index (χ2n) is 2.92. The van der Waals surface area contributed by atoms with Crippen LogP contribution in [0.3, 0.4) is 0 Å². The highest BCUT2D eigenvalue weighted by atomic mass is 16.4. The standard InChI is InChI=1S/C8H13NO3/c1-4-5-6(10)9-8(2,3)7(11)12/h4-5H,1-3H3,(H,9,10)(H,11,12)/b5-4+. The second-order valence-corrected chi connectivity index (χ2v) is 2.92. The van der Waals surface area contributed by atoms with E-state index in [2.05, 4.69) is 5.32 Å². The number of allylic oxidation sites excluding steroid dienone is 1. The molecular formula is C8H13NO3. The Hall–Kier alpha value is -1.32. The van der Waals surface area contributed by atoms with Crippen LogP contribution >= 0.6 is 0 Å². The molecule has 0 aliphatic rings. The molecule has 0 saturated heterocycles. The molecule has 0 aromatic carbocycles. The number of carboxylic acid groups (broad SMARTS) is 1. The highest BCUT2D eigenvalue weighted by Crippen LogP contribution is 2.01. The Bertz CT molecular complexity index is 218. The maximum atomic E-state index is 10.9. The first kappa shape index (κ1) is 10.7. The van der Waals surface area contributed by atoms with Gasteiger partial charge in [-0.3, -0.25) is 4.79 Å². The molecule has 1 amide bonds. The lowest BCUT2D eigenvalue weighted by molar-refractivity contribution is -0.145. The van der Waals surface area contributed by atoms with Crippen LogP contribution in [-0.2, 0) is 9.59 Å². The van der Waals surface area contributed by atoms with E-state index >= 15 is 0 Å². The molecule has 0 aromatic rings. The molecule has 0 aliphatic carbocycles. The van der Waals surface area contributed by atoms with Gasteiger partial charge in [-0.05, 0) is 26.8 Å². The molecule has 0 aliphatic heterocycles. The summed E-state index contributed by atoms with van der Waals surface area (Å²) >= 11 is 0. The zero-order valence-electron chi connectivity index (χ0n) is 7.42. The van der Waals surface area contributed by atoms with Crippen molar-refractivity contribution >= 4 is 11.9 Å². The molecule has 0 rings (SSSR count). The Kier molecular flexibility index (Phi) is 3.47. The minimum absolute atomic E-state index is 0.398. The van der Waals surface area contributed by atoms with Crippen molar-refractivity contribution in [2.24, 2.45) is 0 Å². The van der Waals surface area contributed by atoms with Gasteiger partial charge in [-0.25, -0.2) is 4.79 Å². The molecule has 0 fully saturated rings. The fourth-order valence-electron chi connectivity index (χ4n) is 0.555. The van der Waals surface area contributed by atoms with Crippen LogP contribution in [0, 0.1) is 0 Å². The van der Waals surface area contributed by atoms with Crippen molar-refractivity contribution < 1.29 is 14.7 Å². The zero-order chi connectivity index (χ0) is 9.78. The molecule has 0 atom stereocenters. The van der Waals surface area contributed by atoms with Crippen LogP contribution in [0.4, 0.5) is 0 Å². The van der Waals surface area contributed by atoms with Crippen molar-refractivity contribution in [2.45, 2.75) is 26.3 Å². The van der Waals surface area contributed by atoms with Crippen molar-refractivity contribution in [3.63, 3.8) is 0 Å². The van der Waals surface area contributed by atoms with E-state index in [1.165, 1.54) is 19.9 Å². The van der Waals surface area contributed by atoms with Gasteiger partial charge in [-0.15, -0.1) is 0 Å². The maximum Gasteiger partial charge on any atom is 0.328 e. The molecule has 0 heterocycles. The van der Waals surface area contributed by atoms with Crippen LogP contribution in [0.25, 0.3) is 0 Å². The molecule has 0 spiro atoms. The van der Waals surface area contributed by atoms with E-state index in [4.69, 9.17) is 5.11 Å². The van der Waals surface area contributed by atoms with Gasteiger partial charge >= 0.3 is 5.97 Å². The molecule has 0 aromatic heterocycles. The number of carbonyl (C=O) groups excluding carboxylic acids is 1. The third-order valence-corrected chi connectivity index (χ3v) is 1.29. The smallest absolute Gasteiger partial charge is 0.328 e. The predicted molar refractivity (Wildman–Crippen MR) is 44.7 cm³/mol. The van der Waals surface area contributed by atoms with E-state index in [9.17, 15) is 9.59 Å². The highest BCUT2D eigenvalue weighted by Gasteiger charge is 2.27. The molecule has 4 heteroatoms. The van der Waals surface area contributed by atoms with Crippen LogP contribution in [0.5, 0.6) is 0 Å². The van der Waals surface area contributed by atoms with E-state index in [1.807, 2.05) is 0 Å². The maximum absolute atomic E-state index is 10.9. The summed E-state index contributed by atoms with van der Waals surface area (Å²) in [5.41, 5.74) is -1.21. The Balaban J connectivity index is 4.25. The number of aliphatic carboxylic acids is 1. The van der Waals surface area contributed by atoms with E-state index < -0.39 is 17.4 Å². The highest BCUT2D eigenvalue weighted by molar-refractivity contribution is 5.92. The summed E-state index contributed by atoms with van der Waals surface area (Å²) < 4.78 is 0. The summed E-state index contributed by atoms with van der Waals surface area (Å²) in [7, 11) is 0. The quantitative estimate of drug-likeness (QED) is 0.609. The fourth-order valence-corrected chi connectivity index (χ4v) is 0.555. The number of rotatable bonds is 3. The minimum atomic E-state index is -1.21. The molecule has 12 heavy (non-hydrogen) atoms. The van der Waals surface area contributed by atoms with E-state index in [-0.39, 0.29) is 0 Å². The fraction of sp³-hybridized carbons (Fsp3) is 0.500. The lowest BCUT2D eigenvalue weighted by atomic mass is 10.1. The van der Waals surface area contributed by atoms with Crippen molar-refractivity contribution in [3.8, 4) is 0 Å². The monoisotopic (exact) mass is 171 g/mol. The first-order valence-corrected chi connectivity index (χ1v) is 3.58. The third-order valence-electron chi connectivity index (χ3n) is 1.29. The Morgan fingerprint density at radius 1 is 1.42 bits per heavy atom. The van der Waals surface area contributed by atoms with Gasteiger partial charge in [0.1, 0.15) is 5.54 Å². The average Bonchev–Trinajstić information content (AvgIpc) is 1.85. The second kappa shape index (κ2) is 3.90. The number of hydrogen-bond donors (Lipinski definition) is 2. The molecule has 0 radical (unpaired) electrons. The predicted octanol–water partition coefficient (Wildman–Crippen LogP) is 0.542. The van der Waals surface area contributed by atoms with Gasteiger partial charge in [0.2, 0.25) is 5.91 Å². The topological polar surface area (TPSA) is 66.4 Å². The summed E-state index contributed by atoms with van der Waals surface area (Å²) in [4.78, 5) is 21.4. The Morgan fingerprint density at radius 2 is 1.92 bits per heavy atom. The molecule has 0 saturated carbocycles. The largest absolute Gasteiger partial charge is 0.480 e. The summed E-state index contributed by atoms with van der Waals surface area (Å²) in [6.07, 6.45) is 2.83. The van der Waals surface area contributed by atoms with Crippen LogP contribution < -0.4 is 5.32 Å². The van der Waals surface area contributed by atoms with Gasteiger partial charge in [0.15, 0.2) is 0 Å². The number of hydrogen-bond acceptors (Lipinski definition) is 2. The van der Waals surface area contributed by atoms with Gasteiger partial charge < -0.3 is 10.4 Å². The first-order valence-electron chi connectivity index (χ1n) is 3.58. The lowest BCUT2D eigenvalue weighted by Crippen LogP contribution is -2.49. The minimum Gasteiger partial charge on any atom is -0.480 e. The van der Waals surface area contributed by atoms with Crippen LogP contribution in [0.2, 0.25) is 0 Å². The molecule has 0 unspecified atom stereocenters. The average molecular weight is 171 g/mol. The summed E-state index contributed by atoms with van der Waals surface area (Å²) in [6.45, 7) is 4.54. The summed E-state index contributed by atoms with van der Waals surface area (Å²) in [6, 6.07) is 0. The van der Waals surface area contributed by atoms with Crippen molar-refractivity contribution in [3.05, 3.63) is 12.2 Å². The number of nitrogens with one attached hydrogen (secondary N) is 1. The zero-order valence-corrected chi connectivity index (χ0v) is 7.42. The third kappa shape index (κ3) is 3.18. The van der Waals surface area contributed by atoms with Crippen LogP contribution in [0.1, 0.15) is 20.8 Å². The number of carboxylic acids is 1. The van der Waals surface area contributed by atoms with Gasteiger partial charge in [0.05, 0.1) is 0 Å². The van der Waals surface area contributed by atoms with E-state index in [1.54, 1.807) is 13.0 Å². The summed E-state index contributed by atoms with van der Waals surface area (Å²) in [5, 5.41) is 11.0. The Labute approximate surface area is 71.3 Å². The lowest BCUT2D eigenvalue weighted by Gasteiger charge is -2.19. The van der Waals surface area contributed by atoms with Crippen LogP contribution in [0.15, 0.2) is 12.2 Å². The molecule has 2 N–H and O–H groups in total. The van der Waals surface area contributed by atoms with E-state index in [0.29, 0.717) is 0 Å². The van der Waals surface area contributed by atoms with Gasteiger partial charge in [-0.2, -0.15) is 0 Å². The molecular weight excluding hydrogens is 158 g/mol. The number of amides is 1. The Morgan fingerprint density at radius 3 is 2.25 bits per heavy atom. The molecule has 68 valence electrons. The van der Waals surface area contributed by atoms with Gasteiger partial charge in [0, 0.05) is 0 Å². The molecule has 0 bridgehead atoms. The normalized spacial score (nSPS) is 11.6. The number of carbonyl (C=O) groups is 2. The summed E-state index contributed by atoms with van der Waals surface area (Å²) in [5.74, 6) is -1.45. The first-order chi connectivity index (χ1) is 5.40. The van der Waals surface area contributed by atoms with Crippen LogP contribution in [-0.4, -0.2) is 22.5 Å². The van der Waals surface area contributed by atoms with Gasteiger partial charge in [-0.1, -0.05) is 6.08 Å². The SMILES string of the molecule is C/C=C/C(=O)NC(C)(C)C(=O)O.